The van der Waals surface area contributed by atoms with Gasteiger partial charge in [0.05, 0.1) is 6.61 Å². The van der Waals surface area contributed by atoms with Crippen molar-refractivity contribution in [2.75, 3.05) is 6.61 Å². The Bertz CT molecular complexity index is 386. The highest BCUT2D eigenvalue weighted by Gasteiger charge is 2.40. The largest absolute Gasteiger partial charge is 0.493 e. The number of hydrogen-bond donors (Lipinski definition) is 1. The van der Waals surface area contributed by atoms with E-state index < -0.39 is 0 Å². The van der Waals surface area contributed by atoms with Gasteiger partial charge in [-0.25, -0.2) is 0 Å². The van der Waals surface area contributed by atoms with Crippen LogP contribution in [-0.2, 0) is 6.42 Å². The lowest BCUT2D eigenvalue weighted by molar-refractivity contribution is 0.357. The molecular weight excluding hydrogens is 186 g/mol. The maximum atomic E-state index is 5.91. The van der Waals surface area contributed by atoms with Gasteiger partial charge < -0.3 is 10.5 Å². The van der Waals surface area contributed by atoms with Crippen molar-refractivity contribution in [2.45, 2.75) is 31.7 Å². The Kier molecular flexibility index (Phi) is 1.99. The first kappa shape index (κ1) is 9.22. The van der Waals surface area contributed by atoms with Gasteiger partial charge in [0.2, 0.25) is 0 Å². The van der Waals surface area contributed by atoms with Crippen LogP contribution in [0.3, 0.4) is 0 Å². The van der Waals surface area contributed by atoms with Gasteiger partial charge in [-0.2, -0.15) is 0 Å². The molecule has 2 nitrogen and oxygen atoms in total. The van der Waals surface area contributed by atoms with E-state index in [9.17, 15) is 0 Å². The lowest BCUT2D eigenvalue weighted by Crippen LogP contribution is -2.17. The smallest absolute Gasteiger partial charge is 0.122 e. The van der Waals surface area contributed by atoms with Crippen LogP contribution in [0.1, 0.15) is 30.4 Å². The van der Waals surface area contributed by atoms with Crippen LogP contribution in [-0.4, -0.2) is 12.6 Å². The minimum Gasteiger partial charge on any atom is -0.493 e. The monoisotopic (exact) mass is 203 g/mol. The molecule has 1 aliphatic heterocycles. The maximum absolute atomic E-state index is 5.91. The van der Waals surface area contributed by atoms with Crippen LogP contribution in [0.2, 0.25) is 0 Å². The van der Waals surface area contributed by atoms with Gasteiger partial charge in [0.1, 0.15) is 5.75 Å². The molecule has 1 saturated carbocycles. The summed E-state index contributed by atoms with van der Waals surface area (Å²) in [6.45, 7) is 2.96. The number of hydrogen-bond acceptors (Lipinski definition) is 2. The third-order valence-electron chi connectivity index (χ3n) is 3.66. The van der Waals surface area contributed by atoms with Crippen molar-refractivity contribution in [2.24, 2.45) is 11.7 Å². The Balaban J connectivity index is 1.83. The van der Waals surface area contributed by atoms with Crippen molar-refractivity contribution in [3.8, 4) is 5.75 Å². The van der Waals surface area contributed by atoms with Crippen molar-refractivity contribution < 1.29 is 4.74 Å². The topological polar surface area (TPSA) is 35.2 Å². The molecule has 3 rings (SSSR count). The van der Waals surface area contributed by atoms with Crippen molar-refractivity contribution in [1.82, 2.24) is 0 Å². The first-order valence-corrected chi connectivity index (χ1v) is 5.77. The quantitative estimate of drug-likeness (QED) is 0.798. The van der Waals surface area contributed by atoms with Crippen molar-refractivity contribution in [3.05, 3.63) is 29.3 Å². The van der Waals surface area contributed by atoms with Gasteiger partial charge in [0.15, 0.2) is 0 Å². The lowest BCUT2D eigenvalue weighted by Gasteiger charge is -2.05. The van der Waals surface area contributed by atoms with E-state index in [-0.39, 0.29) is 0 Å². The third-order valence-corrected chi connectivity index (χ3v) is 3.66. The highest BCUT2D eigenvalue weighted by Crippen LogP contribution is 2.49. The van der Waals surface area contributed by atoms with Crippen molar-refractivity contribution in [1.29, 1.82) is 0 Å². The van der Waals surface area contributed by atoms with Crippen LogP contribution in [0.4, 0.5) is 0 Å². The maximum Gasteiger partial charge on any atom is 0.122 e. The molecule has 2 heteroatoms. The summed E-state index contributed by atoms with van der Waals surface area (Å²) in [4.78, 5) is 0. The second kappa shape index (κ2) is 3.24. The molecule has 0 bridgehead atoms. The number of fused-ring (bicyclic) bond motifs is 1. The van der Waals surface area contributed by atoms with Gasteiger partial charge in [-0.1, -0.05) is 12.1 Å². The molecule has 1 fully saturated rings. The Morgan fingerprint density at radius 1 is 1.47 bits per heavy atom. The molecule has 0 spiro atoms. The highest BCUT2D eigenvalue weighted by atomic mass is 16.5. The lowest BCUT2D eigenvalue weighted by atomic mass is 10.0. The summed E-state index contributed by atoms with van der Waals surface area (Å²) in [7, 11) is 0. The van der Waals surface area contributed by atoms with Crippen molar-refractivity contribution >= 4 is 0 Å². The number of rotatable bonds is 2. The van der Waals surface area contributed by atoms with Crippen molar-refractivity contribution in [3.63, 3.8) is 0 Å². The summed E-state index contributed by atoms with van der Waals surface area (Å²) in [6, 6.07) is 6.97. The van der Waals surface area contributed by atoms with Gasteiger partial charge in [0, 0.05) is 12.5 Å². The molecule has 80 valence electrons. The van der Waals surface area contributed by atoms with Crippen LogP contribution < -0.4 is 10.5 Å². The predicted molar refractivity (Wildman–Crippen MR) is 60.1 cm³/mol. The van der Waals surface area contributed by atoms with E-state index in [2.05, 4.69) is 25.1 Å². The molecule has 0 saturated heterocycles. The van der Waals surface area contributed by atoms with Crippen LogP contribution in [0.5, 0.6) is 5.75 Å². The Morgan fingerprint density at radius 3 is 3.07 bits per heavy atom. The summed E-state index contributed by atoms with van der Waals surface area (Å²) in [5, 5.41) is 0. The first-order chi connectivity index (χ1) is 7.25. The van der Waals surface area contributed by atoms with E-state index >= 15 is 0 Å². The fourth-order valence-corrected chi connectivity index (χ4v) is 2.62. The first-order valence-electron chi connectivity index (χ1n) is 5.77. The molecule has 2 aliphatic rings. The SMILES string of the molecule is C[C@H](N)[C@H]1C[C@@H]1c1ccc2c(c1)CCO2. The molecule has 1 aromatic rings. The minimum atomic E-state index is 0.333. The van der Waals surface area contributed by atoms with E-state index in [0.29, 0.717) is 17.9 Å². The summed E-state index contributed by atoms with van der Waals surface area (Å²) >= 11 is 0. The van der Waals surface area contributed by atoms with E-state index in [4.69, 9.17) is 10.5 Å². The van der Waals surface area contributed by atoms with Gasteiger partial charge in [-0.3, -0.25) is 0 Å². The van der Waals surface area contributed by atoms with Gasteiger partial charge in [-0.15, -0.1) is 0 Å². The zero-order valence-electron chi connectivity index (χ0n) is 9.07. The van der Waals surface area contributed by atoms with Crippen LogP contribution in [0.25, 0.3) is 0 Å². The Hall–Kier alpha value is -1.02. The summed E-state index contributed by atoms with van der Waals surface area (Å²) in [5.41, 5.74) is 8.75. The number of ether oxygens (including phenoxy) is 1. The van der Waals surface area contributed by atoms with E-state index in [0.717, 1.165) is 18.8 Å². The fourth-order valence-electron chi connectivity index (χ4n) is 2.62. The predicted octanol–water partition coefficient (Wildman–Crippen LogP) is 2.07. The Labute approximate surface area is 90.4 Å². The zero-order chi connectivity index (χ0) is 10.4. The molecule has 1 aromatic carbocycles. The van der Waals surface area contributed by atoms with E-state index in [1.54, 1.807) is 0 Å². The van der Waals surface area contributed by atoms with Crippen LogP contribution in [0, 0.1) is 5.92 Å². The van der Waals surface area contributed by atoms with Crippen LogP contribution in [0.15, 0.2) is 18.2 Å². The zero-order valence-corrected chi connectivity index (χ0v) is 9.07. The van der Waals surface area contributed by atoms with Crippen LogP contribution >= 0.6 is 0 Å². The average molecular weight is 203 g/mol. The van der Waals surface area contributed by atoms with Gasteiger partial charge in [0.25, 0.3) is 0 Å². The van der Waals surface area contributed by atoms with E-state index in [1.807, 2.05) is 0 Å². The second-order valence-corrected chi connectivity index (χ2v) is 4.83. The highest BCUT2D eigenvalue weighted by molar-refractivity contribution is 5.42. The molecule has 3 atom stereocenters. The molecular formula is C13H17NO. The Morgan fingerprint density at radius 2 is 2.33 bits per heavy atom. The molecule has 0 unspecified atom stereocenters. The summed E-state index contributed by atoms with van der Waals surface area (Å²) in [5.74, 6) is 2.48. The minimum absolute atomic E-state index is 0.333. The molecule has 0 amide bonds. The fraction of sp³-hybridized carbons (Fsp3) is 0.538. The molecule has 0 radical (unpaired) electrons. The van der Waals surface area contributed by atoms with Gasteiger partial charge >= 0.3 is 0 Å². The third kappa shape index (κ3) is 1.53. The standard InChI is InChI=1S/C13H17NO/c1-8(14)11-7-12(11)9-2-3-13-10(6-9)4-5-15-13/h2-3,6,8,11-12H,4-5,7,14H2,1H3/t8-,11+,12+/m0/s1. The van der Waals surface area contributed by atoms with Gasteiger partial charge in [-0.05, 0) is 42.4 Å². The number of benzene rings is 1. The summed E-state index contributed by atoms with van der Waals surface area (Å²) in [6.07, 6.45) is 2.33. The molecule has 15 heavy (non-hydrogen) atoms. The molecule has 2 N–H and O–H groups in total. The normalized spacial score (nSPS) is 29.5. The molecule has 0 aromatic heterocycles. The second-order valence-electron chi connectivity index (χ2n) is 4.83. The number of nitrogens with two attached hydrogens (primary N) is 1. The average Bonchev–Trinajstić information content (AvgIpc) is 2.89. The molecule has 1 aliphatic carbocycles. The van der Waals surface area contributed by atoms with E-state index in [1.165, 1.54) is 17.5 Å². The molecule has 1 heterocycles. The summed E-state index contributed by atoms with van der Waals surface area (Å²) < 4.78 is 5.50.